The van der Waals surface area contributed by atoms with Crippen LogP contribution in [0.4, 0.5) is 0 Å². The van der Waals surface area contributed by atoms with E-state index in [0.717, 1.165) is 4.90 Å². The van der Waals surface area contributed by atoms with Crippen molar-refractivity contribution in [2.45, 2.75) is 4.90 Å². The second kappa shape index (κ2) is 5.10. The van der Waals surface area contributed by atoms with Crippen molar-refractivity contribution in [2.24, 2.45) is 0 Å². The second-order valence-electron chi connectivity index (χ2n) is 3.64. The Bertz CT molecular complexity index is 604. The Morgan fingerprint density at radius 1 is 1.28 bits per heavy atom. The number of carbonyl (C=O) groups excluding carboxylic acids is 1. The minimum absolute atomic E-state index is 0.0139. The minimum atomic E-state index is -1.08. The highest BCUT2D eigenvalue weighted by molar-refractivity contribution is 7.98. The number of carboxylic acid groups (broad SMARTS) is 1. The van der Waals surface area contributed by atoms with Crippen LogP contribution in [0.15, 0.2) is 41.4 Å². The Morgan fingerprint density at radius 2 is 2.00 bits per heavy atom. The fourth-order valence-corrected chi connectivity index (χ4v) is 2.23. The smallest absolute Gasteiger partial charge is 0.352 e. The topological polar surface area (TPSA) is 70.2 Å². The molecule has 1 aromatic heterocycles. The van der Waals surface area contributed by atoms with Crippen molar-refractivity contribution in [2.75, 3.05) is 6.26 Å². The van der Waals surface area contributed by atoms with Crippen LogP contribution in [0.1, 0.15) is 26.4 Å². The number of benzene rings is 1. The highest BCUT2D eigenvalue weighted by Gasteiger charge is 2.16. The average molecular weight is 261 g/mol. The Hall–Kier alpha value is -2.01. The summed E-state index contributed by atoms with van der Waals surface area (Å²) in [6.07, 6.45) is 3.31. The molecule has 0 bridgehead atoms. The summed E-state index contributed by atoms with van der Waals surface area (Å²) in [5.74, 6) is -1.25. The van der Waals surface area contributed by atoms with Gasteiger partial charge in [-0.2, -0.15) is 0 Å². The predicted molar refractivity (Wildman–Crippen MR) is 69.4 cm³/mol. The monoisotopic (exact) mass is 261 g/mol. The Morgan fingerprint density at radius 3 is 2.61 bits per heavy atom. The van der Waals surface area contributed by atoms with Crippen LogP contribution in [-0.4, -0.2) is 28.1 Å². The minimum Gasteiger partial charge on any atom is -0.477 e. The zero-order valence-corrected chi connectivity index (χ0v) is 10.5. The predicted octanol–water partition coefficient (Wildman–Crippen LogP) is 2.67. The number of H-pyrrole nitrogens is 1. The van der Waals surface area contributed by atoms with Gasteiger partial charge in [-0.25, -0.2) is 4.79 Å². The number of carboxylic acids is 1. The molecule has 4 nitrogen and oxygen atoms in total. The van der Waals surface area contributed by atoms with Crippen LogP contribution < -0.4 is 0 Å². The number of aromatic carboxylic acids is 1. The summed E-state index contributed by atoms with van der Waals surface area (Å²) in [7, 11) is 0. The summed E-state index contributed by atoms with van der Waals surface area (Å²) in [5, 5.41) is 8.80. The molecule has 0 atom stereocenters. The lowest BCUT2D eigenvalue weighted by atomic mass is 10.1. The molecule has 2 aromatic rings. The summed E-state index contributed by atoms with van der Waals surface area (Å²) in [4.78, 5) is 26.4. The number of aromatic amines is 1. The lowest BCUT2D eigenvalue weighted by Gasteiger charge is -2.04. The van der Waals surface area contributed by atoms with Crippen molar-refractivity contribution in [3.8, 4) is 0 Å². The largest absolute Gasteiger partial charge is 0.477 e. The molecule has 92 valence electrons. The number of aromatic nitrogens is 1. The van der Waals surface area contributed by atoms with Crippen LogP contribution in [-0.2, 0) is 0 Å². The molecule has 0 aliphatic rings. The average Bonchev–Trinajstić information content (AvgIpc) is 2.87. The normalized spacial score (nSPS) is 10.3. The maximum atomic E-state index is 12.2. The Kier molecular flexibility index (Phi) is 3.53. The number of carbonyl (C=O) groups is 2. The zero-order valence-electron chi connectivity index (χ0n) is 9.64. The first-order valence-corrected chi connectivity index (χ1v) is 6.45. The molecule has 0 radical (unpaired) electrons. The maximum absolute atomic E-state index is 12.2. The lowest BCUT2D eigenvalue weighted by molar-refractivity contribution is 0.0691. The number of thioether (sulfide) groups is 1. The van der Waals surface area contributed by atoms with Gasteiger partial charge in [-0.05, 0) is 24.5 Å². The summed E-state index contributed by atoms with van der Waals surface area (Å²) in [6.45, 7) is 0. The van der Waals surface area contributed by atoms with E-state index in [-0.39, 0.29) is 11.5 Å². The molecule has 0 spiro atoms. The van der Waals surface area contributed by atoms with Gasteiger partial charge in [0.05, 0.1) is 0 Å². The first-order chi connectivity index (χ1) is 8.63. The van der Waals surface area contributed by atoms with Crippen molar-refractivity contribution >= 4 is 23.5 Å². The van der Waals surface area contributed by atoms with Crippen molar-refractivity contribution in [3.05, 3.63) is 53.3 Å². The van der Waals surface area contributed by atoms with E-state index < -0.39 is 5.97 Å². The van der Waals surface area contributed by atoms with Gasteiger partial charge in [0.25, 0.3) is 0 Å². The van der Waals surface area contributed by atoms with E-state index in [2.05, 4.69) is 4.98 Å². The van der Waals surface area contributed by atoms with E-state index in [1.165, 1.54) is 24.0 Å². The second-order valence-corrected chi connectivity index (χ2v) is 4.48. The van der Waals surface area contributed by atoms with E-state index in [0.29, 0.717) is 11.1 Å². The molecule has 2 N–H and O–H groups in total. The van der Waals surface area contributed by atoms with Gasteiger partial charge in [0.2, 0.25) is 0 Å². The molecule has 0 aliphatic carbocycles. The SMILES string of the molecule is CSc1ccccc1C(=O)c1c[nH]c(C(=O)O)c1. The molecule has 1 aromatic carbocycles. The van der Waals surface area contributed by atoms with E-state index in [9.17, 15) is 9.59 Å². The molecule has 0 fully saturated rings. The summed E-state index contributed by atoms with van der Waals surface area (Å²) in [6, 6.07) is 8.60. The van der Waals surface area contributed by atoms with Gasteiger partial charge in [0, 0.05) is 22.2 Å². The van der Waals surface area contributed by atoms with E-state index in [1.807, 2.05) is 18.4 Å². The molecule has 1 heterocycles. The van der Waals surface area contributed by atoms with Crippen LogP contribution >= 0.6 is 11.8 Å². The van der Waals surface area contributed by atoms with Gasteiger partial charge in [-0.15, -0.1) is 11.8 Å². The lowest BCUT2D eigenvalue weighted by Crippen LogP contribution is -2.01. The number of ketones is 1. The Labute approximate surface area is 108 Å². The number of hydrogen-bond donors (Lipinski definition) is 2. The van der Waals surface area contributed by atoms with Gasteiger partial charge >= 0.3 is 5.97 Å². The van der Waals surface area contributed by atoms with Crippen LogP contribution in [0.2, 0.25) is 0 Å². The summed E-state index contributed by atoms with van der Waals surface area (Å²) < 4.78 is 0. The van der Waals surface area contributed by atoms with Crippen molar-refractivity contribution in [1.29, 1.82) is 0 Å². The van der Waals surface area contributed by atoms with E-state index in [1.54, 1.807) is 12.1 Å². The van der Waals surface area contributed by atoms with E-state index >= 15 is 0 Å². The zero-order chi connectivity index (χ0) is 13.1. The quantitative estimate of drug-likeness (QED) is 0.655. The van der Waals surface area contributed by atoms with Gasteiger partial charge in [0.15, 0.2) is 5.78 Å². The molecule has 5 heteroatoms. The third-order valence-corrected chi connectivity index (χ3v) is 3.32. The van der Waals surface area contributed by atoms with Crippen LogP contribution in [0, 0.1) is 0 Å². The summed E-state index contributed by atoms with van der Waals surface area (Å²) >= 11 is 1.48. The Balaban J connectivity index is 2.38. The van der Waals surface area contributed by atoms with Gasteiger partial charge < -0.3 is 10.1 Å². The maximum Gasteiger partial charge on any atom is 0.352 e. The molecular weight excluding hydrogens is 250 g/mol. The molecule has 0 saturated carbocycles. The van der Waals surface area contributed by atoms with Crippen LogP contribution in [0.5, 0.6) is 0 Å². The number of hydrogen-bond acceptors (Lipinski definition) is 3. The molecule has 0 amide bonds. The fraction of sp³-hybridized carbons (Fsp3) is 0.0769. The molecule has 18 heavy (non-hydrogen) atoms. The first kappa shape index (κ1) is 12.4. The molecule has 0 unspecified atom stereocenters. The fourth-order valence-electron chi connectivity index (χ4n) is 1.64. The molecular formula is C13H11NO3S. The van der Waals surface area contributed by atoms with Gasteiger partial charge in [-0.1, -0.05) is 12.1 Å². The van der Waals surface area contributed by atoms with Crippen molar-refractivity contribution < 1.29 is 14.7 Å². The van der Waals surface area contributed by atoms with Gasteiger partial charge in [0.1, 0.15) is 5.69 Å². The molecule has 2 rings (SSSR count). The summed E-state index contributed by atoms with van der Waals surface area (Å²) in [5.41, 5.74) is 0.954. The van der Waals surface area contributed by atoms with Crippen molar-refractivity contribution in [1.82, 2.24) is 4.98 Å². The molecule has 0 aliphatic heterocycles. The highest BCUT2D eigenvalue weighted by Crippen LogP contribution is 2.22. The highest BCUT2D eigenvalue weighted by atomic mass is 32.2. The standard InChI is InChI=1S/C13H11NO3S/c1-18-11-5-3-2-4-9(11)12(15)8-6-10(13(16)17)14-7-8/h2-7,14H,1H3,(H,16,17). The number of nitrogens with one attached hydrogen (secondary N) is 1. The van der Waals surface area contributed by atoms with Crippen molar-refractivity contribution in [3.63, 3.8) is 0 Å². The number of rotatable bonds is 4. The third kappa shape index (κ3) is 2.31. The van der Waals surface area contributed by atoms with Crippen LogP contribution in [0.3, 0.4) is 0 Å². The first-order valence-electron chi connectivity index (χ1n) is 5.23. The molecule has 0 saturated heterocycles. The van der Waals surface area contributed by atoms with Crippen LogP contribution in [0.25, 0.3) is 0 Å². The van der Waals surface area contributed by atoms with E-state index in [4.69, 9.17) is 5.11 Å². The third-order valence-electron chi connectivity index (χ3n) is 2.53. The van der Waals surface area contributed by atoms with Gasteiger partial charge in [-0.3, -0.25) is 4.79 Å².